The molecule has 2 aliphatic rings. The minimum Gasteiger partial charge on any atom is -0.469 e. The standard InChI is InChI=1S/C19H34N2O4/c1-24-19(23)9-10-21(12-11-20-13-15-25-16-14-20)18(22)8-7-17-5-3-2-4-6-17/h17H,2-16H2,1H3. The summed E-state index contributed by atoms with van der Waals surface area (Å²) in [7, 11) is 1.39. The number of carbonyl (C=O) groups excluding carboxylic acids is 2. The fourth-order valence-corrected chi connectivity index (χ4v) is 3.74. The number of hydrogen-bond acceptors (Lipinski definition) is 5. The van der Waals surface area contributed by atoms with Crippen LogP contribution in [-0.2, 0) is 19.1 Å². The van der Waals surface area contributed by atoms with Crippen molar-refractivity contribution in [1.29, 1.82) is 0 Å². The topological polar surface area (TPSA) is 59.1 Å². The molecule has 144 valence electrons. The van der Waals surface area contributed by atoms with Crippen LogP contribution in [0.4, 0.5) is 0 Å². The Morgan fingerprint density at radius 2 is 1.80 bits per heavy atom. The van der Waals surface area contributed by atoms with E-state index in [1.54, 1.807) is 0 Å². The molecule has 6 heteroatoms. The summed E-state index contributed by atoms with van der Waals surface area (Å²) in [5, 5.41) is 0. The lowest BCUT2D eigenvalue weighted by Crippen LogP contribution is -2.43. The molecule has 1 saturated heterocycles. The second-order valence-corrected chi connectivity index (χ2v) is 7.20. The number of amides is 1. The number of nitrogens with zero attached hydrogens (tertiary/aromatic N) is 2. The molecule has 0 radical (unpaired) electrons. The van der Waals surface area contributed by atoms with Crippen LogP contribution in [0, 0.1) is 5.92 Å². The van der Waals surface area contributed by atoms with Gasteiger partial charge in [-0.2, -0.15) is 0 Å². The lowest BCUT2D eigenvalue weighted by molar-refractivity contribution is -0.141. The van der Waals surface area contributed by atoms with Gasteiger partial charge in [0.1, 0.15) is 0 Å². The predicted molar refractivity (Wildman–Crippen MR) is 96.3 cm³/mol. The van der Waals surface area contributed by atoms with Gasteiger partial charge in [-0.15, -0.1) is 0 Å². The van der Waals surface area contributed by atoms with Gasteiger partial charge in [-0.1, -0.05) is 32.1 Å². The Balaban J connectivity index is 1.78. The molecule has 1 amide bonds. The van der Waals surface area contributed by atoms with E-state index in [2.05, 4.69) is 4.90 Å². The van der Waals surface area contributed by atoms with Gasteiger partial charge in [0, 0.05) is 39.1 Å². The highest BCUT2D eigenvalue weighted by molar-refractivity contribution is 5.77. The molecule has 6 nitrogen and oxygen atoms in total. The lowest BCUT2D eigenvalue weighted by Gasteiger charge is -2.30. The minimum absolute atomic E-state index is 0.183. The third kappa shape index (κ3) is 7.74. The molecule has 0 aromatic rings. The normalized spacial score (nSPS) is 19.6. The predicted octanol–water partition coefficient (Wildman–Crippen LogP) is 2.07. The molecular weight excluding hydrogens is 320 g/mol. The number of ether oxygens (including phenoxy) is 2. The van der Waals surface area contributed by atoms with Crippen molar-refractivity contribution in [2.75, 3.05) is 53.0 Å². The summed E-state index contributed by atoms with van der Waals surface area (Å²) in [6.45, 7) is 5.35. The van der Waals surface area contributed by atoms with E-state index < -0.39 is 0 Å². The summed E-state index contributed by atoms with van der Waals surface area (Å²) < 4.78 is 10.1. The Hall–Kier alpha value is -1.14. The Labute approximate surface area is 151 Å². The van der Waals surface area contributed by atoms with Crippen LogP contribution in [0.25, 0.3) is 0 Å². The minimum atomic E-state index is -0.253. The quantitative estimate of drug-likeness (QED) is 0.593. The van der Waals surface area contributed by atoms with E-state index in [0.29, 0.717) is 25.4 Å². The summed E-state index contributed by atoms with van der Waals surface area (Å²) in [6, 6.07) is 0. The largest absolute Gasteiger partial charge is 0.469 e. The molecule has 0 aromatic carbocycles. The summed E-state index contributed by atoms with van der Waals surface area (Å²) in [4.78, 5) is 28.3. The first-order valence-corrected chi connectivity index (χ1v) is 9.83. The molecule has 0 N–H and O–H groups in total. The third-order valence-electron chi connectivity index (χ3n) is 5.45. The molecule has 0 spiro atoms. The number of rotatable bonds is 9. The maximum atomic E-state index is 12.7. The van der Waals surface area contributed by atoms with Crippen LogP contribution in [0.3, 0.4) is 0 Å². The van der Waals surface area contributed by atoms with E-state index in [1.165, 1.54) is 39.2 Å². The number of methoxy groups -OCH3 is 1. The Morgan fingerprint density at radius 3 is 2.48 bits per heavy atom. The van der Waals surface area contributed by atoms with Gasteiger partial charge in [0.05, 0.1) is 26.7 Å². The molecule has 0 atom stereocenters. The van der Waals surface area contributed by atoms with Crippen molar-refractivity contribution in [3.05, 3.63) is 0 Å². The maximum absolute atomic E-state index is 12.7. The first-order chi connectivity index (χ1) is 12.2. The highest BCUT2D eigenvalue weighted by Crippen LogP contribution is 2.27. The average Bonchev–Trinajstić information content (AvgIpc) is 2.67. The lowest BCUT2D eigenvalue weighted by atomic mass is 9.86. The van der Waals surface area contributed by atoms with E-state index in [1.807, 2.05) is 4.90 Å². The van der Waals surface area contributed by atoms with E-state index in [9.17, 15) is 9.59 Å². The van der Waals surface area contributed by atoms with Gasteiger partial charge in [0.15, 0.2) is 0 Å². The number of esters is 1. The molecule has 2 rings (SSSR count). The van der Waals surface area contributed by atoms with Crippen molar-refractivity contribution in [1.82, 2.24) is 9.80 Å². The molecule has 1 aliphatic carbocycles. The van der Waals surface area contributed by atoms with Gasteiger partial charge in [-0.3, -0.25) is 14.5 Å². The summed E-state index contributed by atoms with van der Waals surface area (Å²) in [5.41, 5.74) is 0. The zero-order valence-corrected chi connectivity index (χ0v) is 15.7. The van der Waals surface area contributed by atoms with Crippen LogP contribution in [0.5, 0.6) is 0 Å². The van der Waals surface area contributed by atoms with E-state index >= 15 is 0 Å². The second kappa shape index (κ2) is 11.5. The molecule has 0 aromatic heterocycles. The Kier molecular flexibility index (Phi) is 9.26. The molecular formula is C19H34N2O4. The fourth-order valence-electron chi connectivity index (χ4n) is 3.74. The van der Waals surface area contributed by atoms with Gasteiger partial charge in [0.25, 0.3) is 0 Å². The average molecular weight is 354 g/mol. The SMILES string of the molecule is COC(=O)CCN(CCN1CCOCC1)C(=O)CCC1CCCCC1. The summed E-state index contributed by atoms with van der Waals surface area (Å²) in [6.07, 6.45) is 8.36. The zero-order chi connectivity index (χ0) is 17.9. The number of hydrogen-bond donors (Lipinski definition) is 0. The zero-order valence-electron chi connectivity index (χ0n) is 15.7. The van der Waals surface area contributed by atoms with Crippen LogP contribution in [-0.4, -0.2) is 74.7 Å². The molecule has 1 saturated carbocycles. The van der Waals surface area contributed by atoms with Crippen molar-refractivity contribution >= 4 is 11.9 Å². The van der Waals surface area contributed by atoms with Crippen molar-refractivity contribution in [2.24, 2.45) is 5.92 Å². The monoisotopic (exact) mass is 354 g/mol. The molecule has 1 heterocycles. The fraction of sp³-hybridized carbons (Fsp3) is 0.895. The molecule has 2 fully saturated rings. The summed E-state index contributed by atoms with van der Waals surface area (Å²) in [5.74, 6) is 0.638. The smallest absolute Gasteiger partial charge is 0.307 e. The highest BCUT2D eigenvalue weighted by Gasteiger charge is 2.20. The van der Waals surface area contributed by atoms with Gasteiger partial charge < -0.3 is 14.4 Å². The van der Waals surface area contributed by atoms with Gasteiger partial charge in [-0.05, 0) is 12.3 Å². The van der Waals surface area contributed by atoms with Gasteiger partial charge in [-0.25, -0.2) is 0 Å². The van der Waals surface area contributed by atoms with E-state index in [4.69, 9.17) is 9.47 Å². The van der Waals surface area contributed by atoms with Gasteiger partial charge in [0.2, 0.25) is 5.91 Å². The first kappa shape index (κ1) is 20.2. The second-order valence-electron chi connectivity index (χ2n) is 7.20. The molecule has 0 bridgehead atoms. The van der Waals surface area contributed by atoms with Crippen LogP contribution in [0.15, 0.2) is 0 Å². The highest BCUT2D eigenvalue weighted by atomic mass is 16.5. The van der Waals surface area contributed by atoms with E-state index in [0.717, 1.165) is 39.3 Å². The van der Waals surface area contributed by atoms with Crippen LogP contribution in [0.1, 0.15) is 51.4 Å². The first-order valence-electron chi connectivity index (χ1n) is 9.83. The molecule has 0 unspecified atom stereocenters. The Morgan fingerprint density at radius 1 is 1.08 bits per heavy atom. The van der Waals surface area contributed by atoms with Gasteiger partial charge >= 0.3 is 5.97 Å². The third-order valence-corrected chi connectivity index (χ3v) is 5.45. The maximum Gasteiger partial charge on any atom is 0.307 e. The van der Waals surface area contributed by atoms with Crippen molar-refractivity contribution < 1.29 is 19.1 Å². The van der Waals surface area contributed by atoms with E-state index in [-0.39, 0.29) is 18.3 Å². The number of morpholine rings is 1. The Bertz CT molecular complexity index is 404. The van der Waals surface area contributed by atoms with Crippen LogP contribution in [0.2, 0.25) is 0 Å². The van der Waals surface area contributed by atoms with Crippen LogP contribution >= 0.6 is 0 Å². The molecule has 1 aliphatic heterocycles. The number of carbonyl (C=O) groups is 2. The van der Waals surface area contributed by atoms with Crippen molar-refractivity contribution in [2.45, 2.75) is 51.4 Å². The van der Waals surface area contributed by atoms with Crippen LogP contribution < -0.4 is 0 Å². The molecule has 25 heavy (non-hydrogen) atoms. The summed E-state index contributed by atoms with van der Waals surface area (Å²) >= 11 is 0. The van der Waals surface area contributed by atoms with Crippen molar-refractivity contribution in [3.63, 3.8) is 0 Å². The van der Waals surface area contributed by atoms with Crippen molar-refractivity contribution in [3.8, 4) is 0 Å².